The molecule has 4 rings (SSSR count). The van der Waals surface area contributed by atoms with Crippen LogP contribution in [0, 0.1) is 11.8 Å². The Morgan fingerprint density at radius 2 is 1.87 bits per heavy atom. The van der Waals surface area contributed by atoms with Crippen LogP contribution in [0.1, 0.15) is 63.9 Å². The molecule has 0 bridgehead atoms. The zero-order valence-corrected chi connectivity index (χ0v) is 18.4. The standard InChI is InChI=1S/C24H34N6/c1-24(2,3)30-23(27-28-29-30)22(26-16-18-8-6-7-17(13-18)15-25)21-12-11-19-9-4-5-10-20(19)14-21/h4-5,9-12,14,17-18,22,26H,6-8,13,15-16,25H2,1-3H3. The van der Waals surface area contributed by atoms with Gasteiger partial charge in [-0.25, -0.2) is 4.68 Å². The molecule has 1 heterocycles. The van der Waals surface area contributed by atoms with Gasteiger partial charge in [0.25, 0.3) is 0 Å². The van der Waals surface area contributed by atoms with Crippen LogP contribution in [0.3, 0.4) is 0 Å². The summed E-state index contributed by atoms with van der Waals surface area (Å²) in [7, 11) is 0. The molecular weight excluding hydrogens is 372 g/mol. The van der Waals surface area contributed by atoms with Crippen LogP contribution in [-0.4, -0.2) is 33.3 Å². The SMILES string of the molecule is CC(C)(C)n1nnnc1C(NCC1CCCC(CN)C1)c1ccc2ccccc2c1. The van der Waals surface area contributed by atoms with Crippen LogP contribution in [-0.2, 0) is 5.54 Å². The average molecular weight is 407 g/mol. The van der Waals surface area contributed by atoms with Crippen molar-refractivity contribution >= 4 is 10.8 Å². The van der Waals surface area contributed by atoms with Crippen molar-refractivity contribution in [1.29, 1.82) is 0 Å². The number of rotatable bonds is 6. The van der Waals surface area contributed by atoms with Crippen molar-refractivity contribution in [2.45, 2.75) is 58.0 Å². The van der Waals surface area contributed by atoms with E-state index in [1.165, 1.54) is 42.0 Å². The number of tetrazole rings is 1. The van der Waals surface area contributed by atoms with Gasteiger partial charge in [0.1, 0.15) is 0 Å². The molecule has 6 heteroatoms. The lowest BCUT2D eigenvalue weighted by atomic mass is 9.81. The van der Waals surface area contributed by atoms with Crippen molar-refractivity contribution in [3.05, 3.63) is 53.9 Å². The predicted octanol–water partition coefficient (Wildman–Crippen LogP) is 4.03. The first-order valence-corrected chi connectivity index (χ1v) is 11.2. The second kappa shape index (κ2) is 8.82. The van der Waals surface area contributed by atoms with Gasteiger partial charge >= 0.3 is 0 Å². The van der Waals surface area contributed by atoms with Crippen molar-refractivity contribution in [3.63, 3.8) is 0 Å². The Morgan fingerprint density at radius 1 is 1.10 bits per heavy atom. The molecule has 3 unspecified atom stereocenters. The second-order valence-corrected chi connectivity index (χ2v) is 9.70. The zero-order chi connectivity index (χ0) is 21.1. The molecule has 3 aromatic rings. The minimum absolute atomic E-state index is 0.0536. The lowest BCUT2D eigenvalue weighted by molar-refractivity contribution is 0.256. The van der Waals surface area contributed by atoms with Crippen molar-refractivity contribution < 1.29 is 0 Å². The summed E-state index contributed by atoms with van der Waals surface area (Å²) < 4.78 is 1.95. The van der Waals surface area contributed by atoms with Gasteiger partial charge in [0.15, 0.2) is 5.82 Å². The van der Waals surface area contributed by atoms with E-state index in [4.69, 9.17) is 5.73 Å². The van der Waals surface area contributed by atoms with Gasteiger partial charge in [0.05, 0.1) is 11.6 Å². The highest BCUT2D eigenvalue weighted by molar-refractivity contribution is 5.83. The topological polar surface area (TPSA) is 81.7 Å². The van der Waals surface area contributed by atoms with Crippen molar-refractivity contribution in [2.75, 3.05) is 13.1 Å². The van der Waals surface area contributed by atoms with Crippen LogP contribution in [0.4, 0.5) is 0 Å². The van der Waals surface area contributed by atoms with E-state index in [9.17, 15) is 0 Å². The molecule has 2 aromatic carbocycles. The molecule has 1 saturated carbocycles. The molecule has 30 heavy (non-hydrogen) atoms. The molecular formula is C24H34N6. The maximum Gasteiger partial charge on any atom is 0.173 e. The van der Waals surface area contributed by atoms with Crippen LogP contribution in [0.5, 0.6) is 0 Å². The van der Waals surface area contributed by atoms with Gasteiger partial charge in [-0.15, -0.1) is 5.10 Å². The predicted molar refractivity (Wildman–Crippen MR) is 121 cm³/mol. The Morgan fingerprint density at radius 3 is 2.63 bits per heavy atom. The van der Waals surface area contributed by atoms with E-state index < -0.39 is 0 Å². The third-order valence-corrected chi connectivity index (χ3v) is 6.33. The Kier molecular flexibility index (Phi) is 6.16. The maximum absolute atomic E-state index is 5.96. The fourth-order valence-electron chi connectivity index (χ4n) is 4.68. The summed E-state index contributed by atoms with van der Waals surface area (Å²) in [6.45, 7) is 8.16. The minimum atomic E-state index is -0.189. The summed E-state index contributed by atoms with van der Waals surface area (Å²) in [5.74, 6) is 2.17. The fourth-order valence-corrected chi connectivity index (χ4v) is 4.68. The summed E-state index contributed by atoms with van der Waals surface area (Å²) in [6.07, 6.45) is 5.01. The molecule has 1 aliphatic rings. The second-order valence-electron chi connectivity index (χ2n) is 9.70. The van der Waals surface area contributed by atoms with Crippen LogP contribution in [0.15, 0.2) is 42.5 Å². The average Bonchev–Trinajstić information content (AvgIpc) is 3.24. The smallest absolute Gasteiger partial charge is 0.173 e. The van der Waals surface area contributed by atoms with E-state index in [0.717, 1.165) is 18.9 Å². The summed E-state index contributed by atoms with van der Waals surface area (Å²) >= 11 is 0. The van der Waals surface area contributed by atoms with Gasteiger partial charge in [-0.1, -0.05) is 42.8 Å². The molecule has 0 amide bonds. The van der Waals surface area contributed by atoms with Crippen LogP contribution in [0.2, 0.25) is 0 Å². The van der Waals surface area contributed by atoms with Crippen LogP contribution < -0.4 is 11.1 Å². The van der Waals surface area contributed by atoms with E-state index in [1.807, 2.05) is 4.68 Å². The summed E-state index contributed by atoms with van der Waals surface area (Å²) in [6, 6.07) is 15.1. The quantitative estimate of drug-likeness (QED) is 0.646. The molecule has 0 saturated heterocycles. The Balaban J connectivity index is 1.65. The van der Waals surface area contributed by atoms with E-state index in [-0.39, 0.29) is 11.6 Å². The van der Waals surface area contributed by atoms with E-state index in [1.54, 1.807) is 0 Å². The van der Waals surface area contributed by atoms with Gasteiger partial charge < -0.3 is 11.1 Å². The first-order chi connectivity index (χ1) is 14.5. The molecule has 3 N–H and O–H groups in total. The number of nitrogens with two attached hydrogens (primary N) is 1. The Hall–Kier alpha value is -2.31. The van der Waals surface area contributed by atoms with Crippen LogP contribution in [0.25, 0.3) is 10.8 Å². The monoisotopic (exact) mass is 406 g/mol. The maximum atomic E-state index is 5.96. The summed E-state index contributed by atoms with van der Waals surface area (Å²) in [4.78, 5) is 0. The first kappa shape index (κ1) is 20.9. The minimum Gasteiger partial charge on any atom is -0.330 e. The number of benzene rings is 2. The van der Waals surface area contributed by atoms with Gasteiger partial charge in [0.2, 0.25) is 0 Å². The molecule has 6 nitrogen and oxygen atoms in total. The highest BCUT2D eigenvalue weighted by atomic mass is 15.6. The lowest BCUT2D eigenvalue weighted by Gasteiger charge is -2.31. The summed E-state index contributed by atoms with van der Waals surface area (Å²) in [5, 5.41) is 19.1. The van der Waals surface area contributed by atoms with E-state index >= 15 is 0 Å². The zero-order valence-electron chi connectivity index (χ0n) is 18.4. The number of aromatic nitrogens is 4. The number of fused-ring (bicyclic) bond motifs is 1. The third kappa shape index (κ3) is 4.55. The van der Waals surface area contributed by atoms with Gasteiger partial charge in [0, 0.05) is 0 Å². The van der Waals surface area contributed by atoms with Crippen molar-refractivity contribution in [1.82, 2.24) is 25.5 Å². The van der Waals surface area contributed by atoms with Gasteiger partial charge in [-0.3, -0.25) is 0 Å². The summed E-state index contributed by atoms with van der Waals surface area (Å²) in [5.41, 5.74) is 6.97. The van der Waals surface area contributed by atoms with Gasteiger partial charge in [-0.2, -0.15) is 0 Å². The number of hydrogen-bond donors (Lipinski definition) is 2. The molecule has 3 atom stereocenters. The van der Waals surface area contributed by atoms with Crippen LogP contribution >= 0.6 is 0 Å². The number of nitrogens with one attached hydrogen (secondary N) is 1. The lowest BCUT2D eigenvalue weighted by Crippen LogP contribution is -2.35. The molecule has 1 aromatic heterocycles. The highest BCUT2D eigenvalue weighted by Crippen LogP contribution is 2.30. The Bertz CT molecular complexity index is 973. The third-order valence-electron chi connectivity index (χ3n) is 6.33. The molecule has 1 fully saturated rings. The number of nitrogens with zero attached hydrogens (tertiary/aromatic N) is 4. The molecule has 0 radical (unpaired) electrons. The largest absolute Gasteiger partial charge is 0.330 e. The van der Waals surface area contributed by atoms with Crippen molar-refractivity contribution in [3.8, 4) is 0 Å². The van der Waals surface area contributed by atoms with Gasteiger partial charge in [-0.05, 0) is 97.8 Å². The Labute approximate surface area is 179 Å². The fraction of sp³-hybridized carbons (Fsp3) is 0.542. The normalized spacial score (nSPS) is 21.1. The van der Waals surface area contributed by atoms with Crippen molar-refractivity contribution in [2.24, 2.45) is 17.6 Å². The number of hydrogen-bond acceptors (Lipinski definition) is 5. The molecule has 160 valence electrons. The first-order valence-electron chi connectivity index (χ1n) is 11.2. The highest BCUT2D eigenvalue weighted by Gasteiger charge is 2.28. The van der Waals surface area contributed by atoms with E-state index in [0.29, 0.717) is 11.8 Å². The molecule has 0 spiro atoms. The van der Waals surface area contributed by atoms with E-state index in [2.05, 4.69) is 84.1 Å². The molecule has 0 aliphatic heterocycles. The molecule has 1 aliphatic carbocycles.